The molecule has 1 aliphatic heterocycles. The van der Waals surface area contributed by atoms with Gasteiger partial charge in [0.2, 0.25) is 6.04 Å². The molecule has 0 bridgehead atoms. The van der Waals surface area contributed by atoms with Crippen molar-refractivity contribution in [2.45, 2.75) is 83.6 Å². The lowest BCUT2D eigenvalue weighted by Gasteiger charge is -2.18. The second kappa shape index (κ2) is 10.6. The summed E-state index contributed by atoms with van der Waals surface area (Å²) >= 11 is 0. The van der Waals surface area contributed by atoms with Gasteiger partial charge >= 0.3 is 11.9 Å². The number of rotatable bonds is 15. The maximum absolute atomic E-state index is 11.1. The van der Waals surface area contributed by atoms with Gasteiger partial charge in [-0.1, -0.05) is 58.3 Å². The van der Waals surface area contributed by atoms with Gasteiger partial charge in [0.05, 0.1) is 19.5 Å². The Kier molecular flexibility index (Phi) is 9.22. The molecule has 1 saturated heterocycles. The second-order valence-electron chi connectivity index (χ2n) is 7.03. The van der Waals surface area contributed by atoms with Crippen LogP contribution in [0, 0.1) is 0 Å². The van der Waals surface area contributed by atoms with Crippen molar-refractivity contribution in [3.63, 3.8) is 0 Å². The van der Waals surface area contributed by atoms with Crippen molar-refractivity contribution in [1.29, 1.82) is 0 Å². The summed E-state index contributed by atoms with van der Waals surface area (Å²) in [5, 5.41) is 18.0. The Labute approximate surface area is 140 Å². The Morgan fingerprint density at radius 1 is 0.870 bits per heavy atom. The summed E-state index contributed by atoms with van der Waals surface area (Å²) in [7, 11) is 0. The summed E-state index contributed by atoms with van der Waals surface area (Å²) < 4.78 is 0.485. The molecule has 2 N–H and O–H groups in total. The first-order chi connectivity index (χ1) is 11.0. The van der Waals surface area contributed by atoms with Gasteiger partial charge in [0.15, 0.2) is 0 Å². The molecule has 0 spiro atoms. The van der Waals surface area contributed by atoms with Crippen LogP contribution in [0.1, 0.15) is 77.6 Å². The van der Waals surface area contributed by atoms with Crippen molar-refractivity contribution in [3.05, 3.63) is 0 Å². The van der Waals surface area contributed by atoms with Crippen molar-refractivity contribution in [1.82, 2.24) is 0 Å². The van der Waals surface area contributed by atoms with E-state index in [-0.39, 0.29) is 12.5 Å². The number of nitrogens with zero attached hydrogens (tertiary/aromatic N) is 1. The molecule has 23 heavy (non-hydrogen) atoms. The van der Waals surface area contributed by atoms with Crippen LogP contribution in [0.5, 0.6) is 0 Å². The third kappa shape index (κ3) is 7.82. The number of unbranched alkanes of at least 4 members (excludes halogenated alkanes) is 9. The predicted octanol–water partition coefficient (Wildman–Crippen LogP) is 3.67. The zero-order chi connectivity index (χ0) is 17.1. The average molecular weight is 328 g/mol. The Hall–Kier alpha value is -1.10. The maximum Gasteiger partial charge on any atom is 0.368 e. The maximum atomic E-state index is 11.1. The first-order valence-electron chi connectivity index (χ1n) is 9.32. The van der Waals surface area contributed by atoms with Crippen molar-refractivity contribution >= 4 is 11.9 Å². The summed E-state index contributed by atoms with van der Waals surface area (Å²) in [5.41, 5.74) is 0. The summed E-state index contributed by atoms with van der Waals surface area (Å²) in [6, 6.07) is -0.368. The number of aliphatic carboxylic acids is 2. The number of carboxylic acids is 2. The van der Waals surface area contributed by atoms with Crippen LogP contribution >= 0.6 is 0 Å². The number of carboxylic acid groups (broad SMARTS) is 2. The van der Waals surface area contributed by atoms with Crippen molar-refractivity contribution in [3.8, 4) is 0 Å². The summed E-state index contributed by atoms with van der Waals surface area (Å²) in [6.45, 7) is 4.13. The van der Waals surface area contributed by atoms with Crippen LogP contribution < -0.4 is 0 Å². The van der Waals surface area contributed by atoms with E-state index in [0.29, 0.717) is 17.6 Å². The zero-order valence-electron chi connectivity index (χ0n) is 14.6. The fraction of sp³-hybridized carbons (Fsp3) is 0.889. The van der Waals surface area contributed by atoms with Crippen LogP contribution in [0.2, 0.25) is 0 Å². The van der Waals surface area contributed by atoms with E-state index in [1.165, 1.54) is 51.4 Å². The van der Waals surface area contributed by atoms with Crippen molar-refractivity contribution in [2.24, 2.45) is 0 Å². The van der Waals surface area contributed by atoms with Gasteiger partial charge in [-0.05, 0) is 12.8 Å². The van der Waals surface area contributed by atoms with Gasteiger partial charge < -0.3 is 14.7 Å². The molecule has 5 heteroatoms. The fourth-order valence-corrected chi connectivity index (χ4v) is 3.45. The number of quaternary nitrogens is 1. The molecule has 5 nitrogen and oxygen atoms in total. The highest BCUT2D eigenvalue weighted by Gasteiger charge is 2.59. The van der Waals surface area contributed by atoms with E-state index in [0.717, 1.165) is 19.4 Å². The van der Waals surface area contributed by atoms with Crippen molar-refractivity contribution in [2.75, 3.05) is 19.6 Å². The van der Waals surface area contributed by atoms with Gasteiger partial charge in [0, 0.05) is 0 Å². The van der Waals surface area contributed by atoms with Crippen LogP contribution in [0.15, 0.2) is 0 Å². The third-order valence-electron chi connectivity index (χ3n) is 5.08. The summed E-state index contributed by atoms with van der Waals surface area (Å²) in [5.74, 6) is -1.61. The topological polar surface area (TPSA) is 74.6 Å². The molecule has 1 rings (SSSR count). The molecule has 1 fully saturated rings. The molecule has 1 heterocycles. The van der Waals surface area contributed by atoms with E-state index in [4.69, 9.17) is 10.2 Å². The van der Waals surface area contributed by atoms with Gasteiger partial charge in [-0.15, -0.1) is 0 Å². The molecule has 0 aromatic rings. The molecule has 1 aliphatic rings. The molecule has 2 unspecified atom stereocenters. The molecular weight excluding hydrogens is 294 g/mol. The van der Waals surface area contributed by atoms with E-state index in [1.54, 1.807) is 0 Å². The molecule has 0 aromatic carbocycles. The minimum atomic E-state index is -0.832. The van der Waals surface area contributed by atoms with E-state index in [2.05, 4.69) is 6.92 Å². The standard InChI is InChI=1S/C18H33NO4/c1-2-3-4-5-6-7-8-9-10-11-13-19(14-12-17(20)21)15-16(19)18(22)23/h16H,2-15H2,1H3,(H-,20,21,22,23)/p+1. The highest BCUT2D eigenvalue weighted by Crippen LogP contribution is 2.32. The predicted molar refractivity (Wildman–Crippen MR) is 90.4 cm³/mol. The van der Waals surface area contributed by atoms with Crippen LogP contribution in [0.4, 0.5) is 0 Å². The number of hydrogen-bond donors (Lipinski definition) is 2. The SMILES string of the molecule is CCCCCCCCCCCC[N+]1(CCC(=O)O)CC1C(=O)O. The highest BCUT2D eigenvalue weighted by atomic mass is 16.4. The third-order valence-corrected chi connectivity index (χ3v) is 5.08. The molecule has 0 radical (unpaired) electrons. The zero-order valence-corrected chi connectivity index (χ0v) is 14.6. The van der Waals surface area contributed by atoms with E-state index in [1.807, 2.05) is 0 Å². The molecule has 134 valence electrons. The quantitative estimate of drug-likeness (QED) is 0.273. The van der Waals surface area contributed by atoms with Crippen LogP contribution in [-0.2, 0) is 9.59 Å². The van der Waals surface area contributed by atoms with Crippen molar-refractivity contribution < 1.29 is 24.3 Å². The molecule has 0 aliphatic carbocycles. The smallest absolute Gasteiger partial charge is 0.368 e. The normalized spacial score (nSPS) is 22.9. The van der Waals surface area contributed by atoms with E-state index >= 15 is 0 Å². The molecule has 0 amide bonds. The average Bonchev–Trinajstić information content (AvgIpc) is 3.23. The van der Waals surface area contributed by atoms with Crippen LogP contribution in [0.3, 0.4) is 0 Å². The summed E-state index contributed by atoms with van der Waals surface area (Å²) in [4.78, 5) is 21.9. The Morgan fingerprint density at radius 3 is 1.83 bits per heavy atom. The number of carbonyl (C=O) groups is 2. The second-order valence-corrected chi connectivity index (χ2v) is 7.03. The van der Waals surface area contributed by atoms with Crippen LogP contribution in [0.25, 0.3) is 0 Å². The molecular formula is C18H34NO4+. The largest absolute Gasteiger partial charge is 0.481 e. The van der Waals surface area contributed by atoms with Gasteiger partial charge in [-0.3, -0.25) is 4.79 Å². The van der Waals surface area contributed by atoms with Crippen LogP contribution in [-0.4, -0.2) is 52.3 Å². The minimum Gasteiger partial charge on any atom is -0.481 e. The number of hydrogen-bond acceptors (Lipinski definition) is 2. The first-order valence-corrected chi connectivity index (χ1v) is 9.32. The lowest BCUT2D eigenvalue weighted by Crippen LogP contribution is -2.35. The van der Waals surface area contributed by atoms with Gasteiger partial charge in [0.1, 0.15) is 6.54 Å². The Balaban J connectivity index is 2.08. The lowest BCUT2D eigenvalue weighted by molar-refractivity contribution is -0.808. The highest BCUT2D eigenvalue weighted by molar-refractivity contribution is 5.74. The van der Waals surface area contributed by atoms with Gasteiger partial charge in [-0.2, -0.15) is 0 Å². The monoisotopic (exact) mass is 328 g/mol. The van der Waals surface area contributed by atoms with E-state index in [9.17, 15) is 9.59 Å². The Morgan fingerprint density at radius 2 is 1.39 bits per heavy atom. The summed E-state index contributed by atoms with van der Waals surface area (Å²) in [6.07, 6.45) is 12.7. The first kappa shape index (κ1) is 19.9. The lowest BCUT2D eigenvalue weighted by atomic mass is 10.1. The van der Waals surface area contributed by atoms with Gasteiger partial charge in [-0.25, -0.2) is 4.79 Å². The fourth-order valence-electron chi connectivity index (χ4n) is 3.45. The Bertz CT molecular complexity index is 372. The molecule has 0 aromatic heterocycles. The molecule has 2 atom stereocenters. The van der Waals surface area contributed by atoms with Gasteiger partial charge in [0.25, 0.3) is 0 Å². The van der Waals surface area contributed by atoms with E-state index < -0.39 is 11.9 Å². The molecule has 0 saturated carbocycles. The minimum absolute atomic E-state index is 0.0710.